The SMILES string of the molecule is CCCC[Si](F)(CCCC)CCCCCCCC[Si](F)(CCCC)CCCC. The van der Waals surface area contributed by atoms with E-state index < -0.39 is 16.8 Å². The maximum atomic E-state index is 15.2. The number of hydrogen-bond acceptors (Lipinski definition) is 0. The Morgan fingerprint density at radius 2 is 0.571 bits per heavy atom. The van der Waals surface area contributed by atoms with Gasteiger partial charge in [0.25, 0.3) is 0 Å². The second-order valence-electron chi connectivity index (χ2n) is 9.34. The van der Waals surface area contributed by atoms with Gasteiger partial charge in [-0.25, -0.2) is 0 Å². The molecule has 0 nitrogen and oxygen atoms in total. The van der Waals surface area contributed by atoms with Gasteiger partial charge in [-0.15, -0.1) is 0 Å². The van der Waals surface area contributed by atoms with Gasteiger partial charge in [0.15, 0.2) is 0 Å². The Kier molecular flexibility index (Phi) is 18.3. The quantitative estimate of drug-likeness (QED) is 0.0957. The lowest BCUT2D eigenvalue weighted by atomic mass is 10.1. The summed E-state index contributed by atoms with van der Waals surface area (Å²) in [6.07, 6.45) is 15.8. The van der Waals surface area contributed by atoms with Crippen LogP contribution >= 0.6 is 0 Å². The molecule has 0 unspecified atom stereocenters. The van der Waals surface area contributed by atoms with Crippen LogP contribution in [0.2, 0.25) is 36.3 Å². The molecule has 4 heteroatoms. The lowest BCUT2D eigenvalue weighted by Crippen LogP contribution is -2.28. The van der Waals surface area contributed by atoms with Gasteiger partial charge in [-0.05, 0) is 36.3 Å². The van der Waals surface area contributed by atoms with Gasteiger partial charge in [0.1, 0.15) is 0 Å². The summed E-state index contributed by atoms with van der Waals surface area (Å²) in [5.41, 5.74) is 0. The van der Waals surface area contributed by atoms with E-state index in [-0.39, 0.29) is 0 Å². The lowest BCUT2D eigenvalue weighted by Gasteiger charge is -2.22. The zero-order chi connectivity index (χ0) is 21.1. The highest BCUT2D eigenvalue weighted by Crippen LogP contribution is 2.31. The average Bonchev–Trinajstić information content (AvgIpc) is 2.70. The summed E-state index contributed by atoms with van der Waals surface area (Å²) in [4.78, 5) is 0. The van der Waals surface area contributed by atoms with Crippen LogP contribution in [0.4, 0.5) is 8.22 Å². The van der Waals surface area contributed by atoms with Gasteiger partial charge >= 0.3 is 0 Å². The fourth-order valence-corrected chi connectivity index (χ4v) is 11.5. The minimum Gasteiger partial charge on any atom is -0.314 e. The van der Waals surface area contributed by atoms with Crippen LogP contribution in [0.1, 0.15) is 118 Å². The Labute approximate surface area is 179 Å². The molecule has 0 rings (SSSR count). The first kappa shape index (κ1) is 28.3. The molecule has 0 amide bonds. The van der Waals surface area contributed by atoms with Gasteiger partial charge in [-0.2, -0.15) is 0 Å². The first-order chi connectivity index (χ1) is 13.4. The summed E-state index contributed by atoms with van der Waals surface area (Å²) in [5, 5.41) is 0. The first-order valence-electron chi connectivity index (χ1n) is 12.8. The van der Waals surface area contributed by atoms with E-state index in [9.17, 15) is 0 Å². The molecule has 28 heavy (non-hydrogen) atoms. The Hall–Kier alpha value is 0.294. The molecule has 0 saturated heterocycles. The fourth-order valence-electron chi connectivity index (χ4n) is 4.32. The van der Waals surface area contributed by atoms with Crippen molar-refractivity contribution in [1.82, 2.24) is 0 Å². The van der Waals surface area contributed by atoms with E-state index in [1.165, 1.54) is 25.7 Å². The van der Waals surface area contributed by atoms with E-state index in [4.69, 9.17) is 0 Å². The Morgan fingerprint density at radius 1 is 0.357 bits per heavy atom. The van der Waals surface area contributed by atoms with Crippen LogP contribution in [-0.4, -0.2) is 16.8 Å². The molecule has 0 aromatic carbocycles. The predicted octanol–water partition coefficient (Wildman–Crippen LogP) is 10.4. The largest absolute Gasteiger partial charge is 0.314 e. The van der Waals surface area contributed by atoms with Crippen LogP contribution < -0.4 is 0 Å². The van der Waals surface area contributed by atoms with E-state index in [0.29, 0.717) is 0 Å². The van der Waals surface area contributed by atoms with Crippen molar-refractivity contribution in [2.75, 3.05) is 0 Å². The van der Waals surface area contributed by atoms with Gasteiger partial charge in [0.05, 0.1) is 0 Å². The van der Waals surface area contributed by atoms with Crippen LogP contribution in [0.15, 0.2) is 0 Å². The number of hydrogen-bond donors (Lipinski definition) is 0. The van der Waals surface area contributed by atoms with E-state index in [1.807, 2.05) is 0 Å². The second-order valence-corrected chi connectivity index (χ2v) is 16.9. The van der Waals surface area contributed by atoms with Gasteiger partial charge in [-0.1, -0.05) is 118 Å². The second kappa shape index (κ2) is 18.1. The smallest absolute Gasteiger partial charge is 0.247 e. The Morgan fingerprint density at radius 3 is 0.821 bits per heavy atom. The maximum Gasteiger partial charge on any atom is 0.247 e. The van der Waals surface area contributed by atoms with Gasteiger partial charge in [0, 0.05) is 0 Å². The molecule has 0 saturated carbocycles. The summed E-state index contributed by atoms with van der Waals surface area (Å²) >= 11 is 0. The first-order valence-corrected chi connectivity index (χ1v) is 17.8. The van der Waals surface area contributed by atoms with Crippen molar-refractivity contribution in [2.45, 2.75) is 154 Å². The van der Waals surface area contributed by atoms with Crippen molar-refractivity contribution in [2.24, 2.45) is 0 Å². The van der Waals surface area contributed by atoms with E-state index in [1.54, 1.807) is 0 Å². The van der Waals surface area contributed by atoms with Gasteiger partial charge in [-0.3, -0.25) is 0 Å². The van der Waals surface area contributed by atoms with Crippen molar-refractivity contribution in [1.29, 1.82) is 0 Å². The van der Waals surface area contributed by atoms with Crippen LogP contribution in [0.25, 0.3) is 0 Å². The molecule has 0 spiro atoms. The third-order valence-corrected chi connectivity index (χ3v) is 13.9. The van der Waals surface area contributed by atoms with Gasteiger partial charge < -0.3 is 8.22 Å². The minimum atomic E-state index is -2.46. The topological polar surface area (TPSA) is 0 Å². The van der Waals surface area contributed by atoms with Crippen LogP contribution in [-0.2, 0) is 0 Å². The van der Waals surface area contributed by atoms with Crippen molar-refractivity contribution in [3.8, 4) is 0 Å². The molecule has 0 heterocycles. The highest BCUT2D eigenvalue weighted by Gasteiger charge is 2.32. The summed E-state index contributed by atoms with van der Waals surface area (Å²) in [6, 6.07) is 5.35. The number of halogens is 2. The monoisotopic (exact) mass is 434 g/mol. The van der Waals surface area contributed by atoms with Crippen molar-refractivity contribution < 1.29 is 8.22 Å². The average molecular weight is 435 g/mol. The van der Waals surface area contributed by atoms with E-state index >= 15 is 8.22 Å². The summed E-state index contributed by atoms with van der Waals surface area (Å²) in [6.45, 7) is 8.70. The molecule has 0 aromatic rings. The molecule has 0 radical (unpaired) electrons. The van der Waals surface area contributed by atoms with E-state index in [2.05, 4.69) is 27.7 Å². The Bertz CT molecular complexity index is 289. The molecule has 0 atom stereocenters. The molecule has 0 aliphatic rings. The molecule has 0 aliphatic heterocycles. The summed E-state index contributed by atoms with van der Waals surface area (Å²) < 4.78 is 30.5. The van der Waals surface area contributed by atoms with Crippen molar-refractivity contribution in [3.05, 3.63) is 0 Å². The van der Waals surface area contributed by atoms with Crippen LogP contribution in [0.3, 0.4) is 0 Å². The molecule has 170 valence electrons. The minimum absolute atomic E-state index is 0.890. The number of unbranched alkanes of at least 4 members (excludes halogenated alkanes) is 9. The van der Waals surface area contributed by atoms with Crippen LogP contribution in [0, 0.1) is 0 Å². The molecular weight excluding hydrogens is 382 g/mol. The third kappa shape index (κ3) is 15.2. The summed E-state index contributed by atoms with van der Waals surface area (Å²) in [5.74, 6) is 0. The number of rotatable bonds is 21. The van der Waals surface area contributed by atoms with Gasteiger partial charge in [0.2, 0.25) is 16.8 Å². The zero-order valence-corrected chi connectivity index (χ0v) is 21.9. The zero-order valence-electron chi connectivity index (χ0n) is 19.9. The highest BCUT2D eigenvalue weighted by molar-refractivity contribution is 6.73. The molecule has 0 bridgehead atoms. The predicted molar refractivity (Wildman–Crippen MR) is 130 cm³/mol. The van der Waals surface area contributed by atoms with Crippen molar-refractivity contribution >= 4 is 16.8 Å². The molecule has 0 aromatic heterocycles. The highest BCUT2D eigenvalue weighted by atomic mass is 28.4. The van der Waals surface area contributed by atoms with Crippen LogP contribution in [0.5, 0.6) is 0 Å². The molecule has 0 aliphatic carbocycles. The Balaban J connectivity index is 3.95. The molecular formula is C24H52F2Si2. The standard InChI is InChI=1S/C24H52F2Si2/c1-5-9-19-27(25,20-10-6-2)23-17-15-13-14-16-18-24-28(26,21-11-7-3)22-12-8-4/h5-24H2,1-4H3. The fraction of sp³-hybridized carbons (Fsp3) is 1.00. The molecule has 0 N–H and O–H groups in total. The van der Waals surface area contributed by atoms with Crippen molar-refractivity contribution in [3.63, 3.8) is 0 Å². The maximum absolute atomic E-state index is 15.2. The van der Waals surface area contributed by atoms with E-state index in [0.717, 1.165) is 100 Å². The third-order valence-electron chi connectivity index (χ3n) is 6.41. The summed E-state index contributed by atoms with van der Waals surface area (Å²) in [7, 11) is -4.92. The molecule has 0 fully saturated rings. The normalized spacial score (nSPS) is 12.6. The lowest BCUT2D eigenvalue weighted by molar-refractivity contribution is 0.595.